The quantitative estimate of drug-likeness (QED) is 0.632. The molecule has 0 radical (unpaired) electrons. The van der Waals surface area contributed by atoms with Crippen LogP contribution in [-0.4, -0.2) is 5.25 Å². The molecule has 0 aromatic rings. The fourth-order valence-corrected chi connectivity index (χ4v) is 3.06. The molecule has 0 bridgehead atoms. The lowest BCUT2D eigenvalue weighted by molar-refractivity contribution is 0.316. The summed E-state index contributed by atoms with van der Waals surface area (Å²) in [4.78, 5) is 0. The maximum atomic E-state index is 4.68. The van der Waals surface area contributed by atoms with E-state index in [2.05, 4.69) is 26.5 Å². The van der Waals surface area contributed by atoms with Gasteiger partial charge in [0.25, 0.3) is 0 Å². The molecule has 12 heavy (non-hydrogen) atoms. The van der Waals surface area contributed by atoms with Crippen LogP contribution in [0.15, 0.2) is 0 Å². The van der Waals surface area contributed by atoms with E-state index in [9.17, 15) is 0 Å². The highest BCUT2D eigenvalue weighted by atomic mass is 32.1. The molecule has 0 spiro atoms. The van der Waals surface area contributed by atoms with Crippen LogP contribution in [0.25, 0.3) is 0 Å². The second-order valence-electron chi connectivity index (χ2n) is 4.09. The van der Waals surface area contributed by atoms with E-state index in [0.29, 0.717) is 5.25 Å². The highest BCUT2D eigenvalue weighted by Crippen LogP contribution is 2.37. The Bertz CT molecular complexity index is 116. The lowest BCUT2D eigenvalue weighted by Gasteiger charge is -2.26. The Hall–Kier alpha value is 0.350. The van der Waals surface area contributed by atoms with Crippen molar-refractivity contribution in [2.75, 3.05) is 0 Å². The fourth-order valence-electron chi connectivity index (χ4n) is 2.61. The summed E-state index contributed by atoms with van der Waals surface area (Å²) >= 11 is 4.68. The normalized spacial score (nSPS) is 24.2. The minimum absolute atomic E-state index is 0.651. The second kappa shape index (κ2) is 5.16. The summed E-state index contributed by atoms with van der Waals surface area (Å²) < 4.78 is 0. The van der Waals surface area contributed by atoms with Crippen molar-refractivity contribution >= 4 is 12.6 Å². The van der Waals surface area contributed by atoms with Crippen LogP contribution in [0.5, 0.6) is 0 Å². The van der Waals surface area contributed by atoms with Gasteiger partial charge in [0.15, 0.2) is 0 Å². The number of hydrogen-bond donors (Lipinski definition) is 1. The van der Waals surface area contributed by atoms with Crippen molar-refractivity contribution < 1.29 is 0 Å². The Morgan fingerprint density at radius 3 is 2.17 bits per heavy atom. The predicted molar refractivity (Wildman–Crippen MR) is 58.8 cm³/mol. The zero-order valence-electron chi connectivity index (χ0n) is 8.42. The molecule has 2 unspecified atom stereocenters. The molecule has 0 heterocycles. The van der Waals surface area contributed by atoms with Crippen molar-refractivity contribution in [3.8, 4) is 0 Å². The predicted octanol–water partition coefficient (Wildman–Crippen LogP) is 3.91. The zero-order chi connectivity index (χ0) is 8.97. The Balaban J connectivity index is 2.42. The summed E-state index contributed by atoms with van der Waals surface area (Å²) in [6, 6.07) is 0. The van der Waals surface area contributed by atoms with Gasteiger partial charge in [-0.3, -0.25) is 0 Å². The first kappa shape index (κ1) is 10.4. The van der Waals surface area contributed by atoms with Crippen LogP contribution in [0.2, 0.25) is 0 Å². The summed E-state index contributed by atoms with van der Waals surface area (Å²) in [7, 11) is 0. The molecule has 1 aliphatic carbocycles. The van der Waals surface area contributed by atoms with E-state index in [4.69, 9.17) is 0 Å². The number of hydrogen-bond acceptors (Lipinski definition) is 1. The lowest BCUT2D eigenvalue weighted by Crippen LogP contribution is -2.21. The van der Waals surface area contributed by atoms with Gasteiger partial charge in [-0.05, 0) is 18.3 Å². The summed E-state index contributed by atoms with van der Waals surface area (Å²) in [5.74, 6) is 1.89. The third-order valence-electron chi connectivity index (χ3n) is 3.39. The van der Waals surface area contributed by atoms with Gasteiger partial charge in [0.05, 0.1) is 0 Å². The third-order valence-corrected chi connectivity index (χ3v) is 4.14. The molecule has 2 atom stereocenters. The number of rotatable bonds is 4. The topological polar surface area (TPSA) is 0 Å². The third kappa shape index (κ3) is 2.42. The standard InChI is InChI=1S/C11H22S/c1-3-10(11(12)4-2)9-7-5-6-8-9/h9-12H,3-8H2,1-2H3. The fraction of sp³-hybridized carbons (Fsp3) is 1.00. The average Bonchev–Trinajstić information content (AvgIpc) is 2.58. The van der Waals surface area contributed by atoms with Gasteiger partial charge < -0.3 is 0 Å². The van der Waals surface area contributed by atoms with Crippen molar-refractivity contribution in [3.63, 3.8) is 0 Å². The highest BCUT2D eigenvalue weighted by Gasteiger charge is 2.27. The highest BCUT2D eigenvalue weighted by molar-refractivity contribution is 7.81. The molecular formula is C11H22S. The largest absolute Gasteiger partial charge is 0.176 e. The minimum Gasteiger partial charge on any atom is -0.176 e. The molecule has 0 aliphatic heterocycles. The molecular weight excluding hydrogens is 164 g/mol. The summed E-state index contributed by atoms with van der Waals surface area (Å²) in [6.45, 7) is 4.58. The monoisotopic (exact) mass is 186 g/mol. The Labute approximate surface area is 82.5 Å². The van der Waals surface area contributed by atoms with E-state index in [1.807, 2.05) is 0 Å². The van der Waals surface area contributed by atoms with Crippen LogP contribution in [0.4, 0.5) is 0 Å². The van der Waals surface area contributed by atoms with Gasteiger partial charge in [0, 0.05) is 5.25 Å². The first-order valence-electron chi connectivity index (χ1n) is 5.47. The molecule has 1 heteroatoms. The Morgan fingerprint density at radius 1 is 1.17 bits per heavy atom. The van der Waals surface area contributed by atoms with Crippen LogP contribution in [0.1, 0.15) is 52.4 Å². The van der Waals surface area contributed by atoms with E-state index in [1.165, 1.54) is 38.5 Å². The summed E-state index contributed by atoms with van der Waals surface area (Å²) in [5.41, 5.74) is 0. The van der Waals surface area contributed by atoms with Crippen molar-refractivity contribution in [2.45, 2.75) is 57.6 Å². The van der Waals surface area contributed by atoms with Gasteiger partial charge in [0.2, 0.25) is 0 Å². The molecule has 1 saturated carbocycles. The van der Waals surface area contributed by atoms with E-state index < -0.39 is 0 Å². The van der Waals surface area contributed by atoms with Crippen LogP contribution >= 0.6 is 12.6 Å². The molecule has 1 rings (SSSR count). The van der Waals surface area contributed by atoms with Crippen LogP contribution < -0.4 is 0 Å². The summed E-state index contributed by atoms with van der Waals surface area (Å²) in [5, 5.41) is 0.651. The molecule has 0 aromatic carbocycles. The molecule has 0 N–H and O–H groups in total. The van der Waals surface area contributed by atoms with Gasteiger partial charge in [-0.1, -0.05) is 46.0 Å². The van der Waals surface area contributed by atoms with Crippen molar-refractivity contribution in [3.05, 3.63) is 0 Å². The van der Waals surface area contributed by atoms with E-state index in [0.717, 1.165) is 11.8 Å². The molecule has 72 valence electrons. The van der Waals surface area contributed by atoms with Crippen LogP contribution in [0.3, 0.4) is 0 Å². The Morgan fingerprint density at radius 2 is 1.75 bits per heavy atom. The van der Waals surface area contributed by atoms with Gasteiger partial charge in [-0.15, -0.1) is 0 Å². The maximum absolute atomic E-state index is 4.68. The molecule has 0 nitrogen and oxygen atoms in total. The van der Waals surface area contributed by atoms with Crippen molar-refractivity contribution in [1.29, 1.82) is 0 Å². The smallest absolute Gasteiger partial charge is 0.00450 e. The molecule has 0 aromatic heterocycles. The summed E-state index contributed by atoms with van der Waals surface area (Å²) in [6.07, 6.45) is 8.42. The van der Waals surface area contributed by atoms with Gasteiger partial charge in [0.1, 0.15) is 0 Å². The maximum Gasteiger partial charge on any atom is 0.00450 e. The second-order valence-corrected chi connectivity index (χ2v) is 4.76. The van der Waals surface area contributed by atoms with Gasteiger partial charge >= 0.3 is 0 Å². The molecule has 0 amide bonds. The molecule has 1 fully saturated rings. The SMILES string of the molecule is CCC(S)C(CC)C1CCCC1. The van der Waals surface area contributed by atoms with E-state index in [-0.39, 0.29) is 0 Å². The van der Waals surface area contributed by atoms with Gasteiger partial charge in [-0.25, -0.2) is 0 Å². The first-order chi connectivity index (χ1) is 5.79. The van der Waals surface area contributed by atoms with Crippen LogP contribution in [-0.2, 0) is 0 Å². The van der Waals surface area contributed by atoms with Gasteiger partial charge in [-0.2, -0.15) is 12.6 Å². The van der Waals surface area contributed by atoms with Crippen LogP contribution in [0, 0.1) is 11.8 Å². The first-order valence-corrected chi connectivity index (χ1v) is 5.99. The average molecular weight is 186 g/mol. The molecule has 0 saturated heterocycles. The zero-order valence-corrected chi connectivity index (χ0v) is 9.32. The minimum atomic E-state index is 0.651. The Kier molecular flexibility index (Phi) is 4.49. The number of thiol groups is 1. The molecule has 1 aliphatic rings. The van der Waals surface area contributed by atoms with E-state index in [1.54, 1.807) is 0 Å². The van der Waals surface area contributed by atoms with Crippen molar-refractivity contribution in [2.24, 2.45) is 11.8 Å². The lowest BCUT2D eigenvalue weighted by atomic mass is 9.85. The van der Waals surface area contributed by atoms with E-state index >= 15 is 0 Å². The van der Waals surface area contributed by atoms with Crippen molar-refractivity contribution in [1.82, 2.24) is 0 Å².